The van der Waals surface area contributed by atoms with Crippen molar-refractivity contribution < 1.29 is 80.4 Å². The molecule has 0 aliphatic rings. The smallest absolute Gasteiger partial charge is 0.0595 e. The molecule has 0 atom stereocenters. The molecule has 0 aliphatic heterocycles. The SMILES string of the molecule is CC.CC.CC.CCO.CN(N)Cc1ccccc1.CNN.CO.Cc1ccn2n[c-]c(/C=N/N(C)Cc3ccccc3)c2c1.Cc1ccn2n[c-]c(C=O)c2c1.ClCc1ccccc1.[Y].[Y]. The summed E-state index contributed by atoms with van der Waals surface area (Å²) in [5.74, 6) is 10.7. The molecule has 67 heavy (non-hydrogen) atoms. The number of aldehydes is 1. The van der Waals surface area contributed by atoms with Gasteiger partial charge < -0.3 is 29.0 Å². The van der Waals surface area contributed by atoms with E-state index in [1.54, 1.807) is 23.5 Å². The fraction of sp³-hybridized carbons (Fsp3) is 0.333. The Morgan fingerprint density at radius 3 is 1.39 bits per heavy atom. The summed E-state index contributed by atoms with van der Waals surface area (Å²) in [5.41, 5.74) is 11.5. The summed E-state index contributed by atoms with van der Waals surface area (Å²) in [5, 5.41) is 30.7. The van der Waals surface area contributed by atoms with Gasteiger partial charge in [0.2, 0.25) is 0 Å². The average Bonchev–Trinajstić information content (AvgIpc) is 3.95. The van der Waals surface area contributed by atoms with Crippen LogP contribution in [0.5, 0.6) is 0 Å². The van der Waals surface area contributed by atoms with Crippen LogP contribution < -0.4 is 17.1 Å². The first-order chi connectivity index (χ1) is 31.6. The molecule has 4 aromatic heterocycles. The number of aryl methyl sites for hydroxylation is 2. The first-order valence-electron chi connectivity index (χ1n) is 21.6. The first kappa shape index (κ1) is 72.4. The Labute approximate surface area is 458 Å². The van der Waals surface area contributed by atoms with Crippen molar-refractivity contribution in [3.63, 3.8) is 0 Å². The summed E-state index contributed by atoms with van der Waals surface area (Å²) in [6.45, 7) is 19.5. The Morgan fingerprint density at radius 2 is 1.04 bits per heavy atom. The van der Waals surface area contributed by atoms with E-state index in [-0.39, 0.29) is 72.0 Å². The Bertz CT molecular complexity index is 2140. The maximum atomic E-state index is 10.5. The van der Waals surface area contributed by atoms with Crippen LogP contribution in [0.25, 0.3) is 11.0 Å². The number of aliphatic hydroxyl groups excluding tert-OH is 2. The maximum absolute atomic E-state index is 10.5. The van der Waals surface area contributed by atoms with E-state index in [0.717, 1.165) is 48.6 Å². The zero-order valence-corrected chi connectivity index (χ0v) is 48.7. The molecule has 7 rings (SSSR count). The molecule has 0 unspecified atom stereocenters. The van der Waals surface area contributed by atoms with E-state index in [2.05, 4.69) is 76.2 Å². The number of hydrazone groups is 1. The minimum Gasteiger partial charge on any atom is -0.400 e. The molecular formula is C51H77ClN10O3Y2-2. The fourth-order valence-electron chi connectivity index (χ4n) is 4.77. The van der Waals surface area contributed by atoms with Crippen molar-refractivity contribution in [2.75, 3.05) is 34.9 Å². The summed E-state index contributed by atoms with van der Waals surface area (Å²) in [6.07, 6.45) is 12.0. The molecule has 4 heterocycles. The monoisotopic (exact) mass is 1090 g/mol. The number of hydrogen-bond donors (Lipinski definition) is 5. The van der Waals surface area contributed by atoms with Gasteiger partial charge in [-0.3, -0.25) is 32.4 Å². The molecule has 0 spiro atoms. The van der Waals surface area contributed by atoms with Gasteiger partial charge in [-0.25, -0.2) is 5.01 Å². The molecule has 0 aliphatic carbocycles. The summed E-state index contributed by atoms with van der Waals surface area (Å²) >= 11 is 5.53. The fourth-order valence-corrected chi connectivity index (χ4v) is 4.95. The topological polar surface area (TPSA) is 175 Å². The molecular weight excluding hydrogens is 1010 g/mol. The Morgan fingerprint density at radius 1 is 0.701 bits per heavy atom. The summed E-state index contributed by atoms with van der Waals surface area (Å²) < 4.78 is 3.45. The summed E-state index contributed by atoms with van der Waals surface area (Å²) in [7, 11) is 6.47. The number of pyridine rings is 2. The van der Waals surface area contributed by atoms with Crippen molar-refractivity contribution in [2.45, 2.75) is 81.3 Å². The van der Waals surface area contributed by atoms with Gasteiger partial charge in [0, 0.05) is 124 Å². The normalized spacial score (nSPS) is 8.94. The molecule has 7 aromatic rings. The Balaban J connectivity index is -0.000000242. The second kappa shape index (κ2) is 50.3. The van der Waals surface area contributed by atoms with E-state index in [1.807, 2.05) is 176 Å². The van der Waals surface area contributed by atoms with E-state index < -0.39 is 0 Å². The van der Waals surface area contributed by atoms with E-state index in [4.69, 9.17) is 27.7 Å². The van der Waals surface area contributed by atoms with Crippen LogP contribution in [0.1, 0.15) is 92.2 Å². The Kier molecular flexibility index (Phi) is 54.4. The van der Waals surface area contributed by atoms with Gasteiger partial charge in [-0.15, -0.1) is 22.7 Å². The van der Waals surface area contributed by atoms with Crippen LogP contribution in [0, 0.1) is 26.2 Å². The number of benzene rings is 3. The number of nitrogens with zero attached hydrogens (tertiary/aromatic N) is 7. The number of hydrazine groups is 2. The number of nitrogens with one attached hydrogen (secondary N) is 1. The van der Waals surface area contributed by atoms with Gasteiger partial charge in [-0.05, 0) is 80.1 Å². The molecule has 7 N–H and O–H groups in total. The van der Waals surface area contributed by atoms with Crippen LogP contribution in [-0.2, 0) is 84.4 Å². The van der Waals surface area contributed by atoms with E-state index in [0.29, 0.717) is 11.4 Å². The van der Waals surface area contributed by atoms with Crippen molar-refractivity contribution in [1.29, 1.82) is 0 Å². The van der Waals surface area contributed by atoms with E-state index in [9.17, 15) is 4.79 Å². The van der Waals surface area contributed by atoms with Gasteiger partial charge >= 0.3 is 0 Å². The Hall–Kier alpha value is -3.56. The third-order valence-electron chi connectivity index (χ3n) is 7.32. The second-order valence-electron chi connectivity index (χ2n) is 12.4. The van der Waals surface area contributed by atoms with Crippen LogP contribution in [0.3, 0.4) is 0 Å². The minimum atomic E-state index is 0. The van der Waals surface area contributed by atoms with Crippen molar-refractivity contribution >= 4 is 35.1 Å². The predicted molar refractivity (Wildman–Crippen MR) is 275 cm³/mol. The molecule has 0 bridgehead atoms. The first-order valence-corrected chi connectivity index (χ1v) is 22.1. The number of alkyl halides is 1. The number of nitrogens with two attached hydrogens (primary N) is 2. The number of rotatable bonds is 8. The third kappa shape index (κ3) is 34.4. The van der Waals surface area contributed by atoms with Crippen molar-refractivity contribution in [2.24, 2.45) is 16.8 Å². The third-order valence-corrected chi connectivity index (χ3v) is 7.62. The van der Waals surface area contributed by atoms with E-state index >= 15 is 0 Å². The van der Waals surface area contributed by atoms with Crippen molar-refractivity contribution in [3.8, 4) is 0 Å². The quantitative estimate of drug-likeness (QED) is 0.0246. The number of hydrogen-bond acceptors (Lipinski definition) is 11. The predicted octanol–water partition coefficient (Wildman–Crippen LogP) is 9.34. The standard InChI is InChI=1S/C17H17N4.C9H7N2O.C8H12N2.C7H7Cl.C2H6O.3C2H6.CH6N2.CH4O.2Y/c1-14-8-9-21-17(10-14)16(12-19-21)11-18-20(2)13-15-6-4-3-5-7-15;1-7-2-3-11-9(4-7)8(6-12)5-10-11;1-10(9)7-8-5-3-2-4-6-8;8-6-7-4-2-1-3-5-7;1-2-3;3*1-2;1-3-2;1-2;;/h3-11H,13H2,1-2H3;2-4,6H,1H3;2-6H,7,9H2,1H3;1-5H,6H2;3H,2H2,1H3;3*1-2H3;3H,2H2,1H3;2H,1H3;;/q2*-1;;;;;;;;;;/b18-11+;;;;;;;;;;;. The maximum Gasteiger partial charge on any atom is 0.0595 e. The van der Waals surface area contributed by atoms with E-state index in [1.165, 1.54) is 22.3 Å². The van der Waals surface area contributed by atoms with Gasteiger partial charge in [0.1, 0.15) is 0 Å². The molecule has 13 nitrogen and oxygen atoms in total. The van der Waals surface area contributed by atoms with Crippen LogP contribution in [0.2, 0.25) is 0 Å². The number of carbonyl (C=O) groups excluding carboxylic acids is 1. The van der Waals surface area contributed by atoms with Crippen LogP contribution in [-0.4, -0.2) is 86.8 Å². The number of aliphatic hydroxyl groups is 2. The summed E-state index contributed by atoms with van der Waals surface area (Å²) in [6, 6.07) is 38.3. The van der Waals surface area contributed by atoms with Gasteiger partial charge in [-0.2, -0.15) is 0 Å². The van der Waals surface area contributed by atoms with Gasteiger partial charge in [0.15, 0.2) is 0 Å². The largest absolute Gasteiger partial charge is 0.400 e. The average molecular weight is 1090 g/mol. The number of halogens is 1. The van der Waals surface area contributed by atoms with Crippen LogP contribution >= 0.6 is 11.6 Å². The zero-order valence-electron chi connectivity index (χ0n) is 42.2. The molecule has 0 amide bonds. The molecule has 0 saturated heterocycles. The van der Waals surface area contributed by atoms with Gasteiger partial charge in [0.05, 0.1) is 6.54 Å². The summed E-state index contributed by atoms with van der Waals surface area (Å²) in [4.78, 5) is 10.5. The van der Waals surface area contributed by atoms with Gasteiger partial charge in [-0.1, -0.05) is 162 Å². The van der Waals surface area contributed by atoms with Crippen molar-refractivity contribution in [3.05, 3.63) is 179 Å². The molecule has 3 aromatic carbocycles. The van der Waals surface area contributed by atoms with Crippen LogP contribution in [0.15, 0.2) is 133 Å². The van der Waals surface area contributed by atoms with Crippen LogP contribution in [0.4, 0.5) is 0 Å². The van der Waals surface area contributed by atoms with Crippen molar-refractivity contribution in [1.82, 2.24) is 34.7 Å². The van der Waals surface area contributed by atoms with Gasteiger partial charge in [0.25, 0.3) is 0 Å². The molecule has 0 fully saturated rings. The number of aromatic nitrogens is 4. The molecule has 0 saturated carbocycles. The number of fused-ring (bicyclic) bond motifs is 2. The second-order valence-corrected chi connectivity index (χ2v) is 12.7. The molecule has 2 radical (unpaired) electrons. The number of carbonyl (C=O) groups is 1. The molecule has 16 heteroatoms. The minimum absolute atomic E-state index is 0. The molecule has 364 valence electrons. The zero-order chi connectivity index (χ0) is 49.8.